The molecule has 4 rings (SSSR count). The third-order valence-corrected chi connectivity index (χ3v) is 7.10. The molecule has 1 aliphatic heterocycles. The van der Waals surface area contributed by atoms with Crippen molar-refractivity contribution in [2.75, 3.05) is 20.3 Å². The predicted octanol–water partition coefficient (Wildman–Crippen LogP) is 5.52. The van der Waals surface area contributed by atoms with E-state index < -0.39 is 23.5 Å². The van der Waals surface area contributed by atoms with Crippen LogP contribution in [0.15, 0.2) is 65.9 Å². The summed E-state index contributed by atoms with van der Waals surface area (Å²) in [5, 5.41) is 11.7. The van der Waals surface area contributed by atoms with Crippen molar-refractivity contribution in [3.8, 4) is 16.3 Å². The summed E-state index contributed by atoms with van der Waals surface area (Å²) in [7, 11) is 1.59. The third-order valence-electron chi connectivity index (χ3n) is 5.90. The number of benzene rings is 2. The number of Topliss-reactive ketones (excluding diaryl/α,β-unsaturated/α-hetero) is 1. The van der Waals surface area contributed by atoms with Gasteiger partial charge in [-0.15, -0.1) is 11.3 Å². The number of ketones is 1. The van der Waals surface area contributed by atoms with Crippen LogP contribution < -0.4 is 4.74 Å². The van der Waals surface area contributed by atoms with Crippen LogP contribution >= 0.6 is 11.3 Å². The molecule has 8 heteroatoms. The van der Waals surface area contributed by atoms with E-state index in [0.717, 1.165) is 5.56 Å². The van der Waals surface area contributed by atoms with E-state index in [4.69, 9.17) is 9.47 Å². The average molecular weight is 507 g/mol. The van der Waals surface area contributed by atoms with Gasteiger partial charge in [-0.2, -0.15) is 0 Å². The maximum absolute atomic E-state index is 14.0. The zero-order valence-electron chi connectivity index (χ0n) is 20.9. The monoisotopic (exact) mass is 506 g/mol. The number of carbonyl (C=O) groups excluding carboxylic acids is 2. The predicted molar refractivity (Wildman–Crippen MR) is 139 cm³/mol. The number of amides is 1. The van der Waals surface area contributed by atoms with Crippen LogP contribution in [0.25, 0.3) is 10.6 Å². The third kappa shape index (κ3) is 5.05. The molecule has 0 fully saturated rings. The first-order valence-electron chi connectivity index (χ1n) is 11.9. The Hall–Kier alpha value is -3.49. The van der Waals surface area contributed by atoms with Crippen molar-refractivity contribution in [3.63, 3.8) is 0 Å². The van der Waals surface area contributed by atoms with E-state index in [1.54, 1.807) is 14.0 Å². The molecule has 0 spiro atoms. The van der Waals surface area contributed by atoms with E-state index in [-0.39, 0.29) is 11.7 Å². The summed E-state index contributed by atoms with van der Waals surface area (Å²) in [6, 6.07) is 16.1. The zero-order valence-corrected chi connectivity index (χ0v) is 21.7. The molecule has 1 aromatic heterocycles. The summed E-state index contributed by atoms with van der Waals surface area (Å²) >= 11 is 1.26. The van der Waals surface area contributed by atoms with Crippen molar-refractivity contribution in [1.82, 2.24) is 9.88 Å². The van der Waals surface area contributed by atoms with Crippen LogP contribution in [0.5, 0.6) is 5.75 Å². The smallest absolute Gasteiger partial charge is 0.290 e. The molecule has 1 N–H and O–H groups in total. The van der Waals surface area contributed by atoms with Crippen LogP contribution in [0.1, 0.15) is 47.2 Å². The molecule has 188 valence electrons. The van der Waals surface area contributed by atoms with Gasteiger partial charge in [0, 0.05) is 31.4 Å². The Kier molecular flexibility index (Phi) is 7.86. The number of hydrogen-bond acceptors (Lipinski definition) is 7. The summed E-state index contributed by atoms with van der Waals surface area (Å²) in [5.41, 5.74) is 2.15. The molecule has 1 amide bonds. The molecule has 0 bridgehead atoms. The van der Waals surface area contributed by atoms with Crippen LogP contribution in [-0.2, 0) is 9.53 Å². The standard InChI is InChI=1S/C28H30N2O5S/c1-17(2)35-21-14-9-8-13-20(21)23-22(25(32)28(33)30(23)15-10-16-34-4)24(31)26-18(3)29-27(36-26)19-11-6-5-7-12-19/h5-9,11-14,17,23,32H,10,15-16H2,1-4H3. The van der Waals surface area contributed by atoms with Crippen molar-refractivity contribution >= 4 is 23.0 Å². The fraction of sp³-hybridized carbons (Fsp3) is 0.321. The van der Waals surface area contributed by atoms with Gasteiger partial charge in [0.15, 0.2) is 5.76 Å². The van der Waals surface area contributed by atoms with Crippen molar-refractivity contribution in [2.45, 2.75) is 39.3 Å². The van der Waals surface area contributed by atoms with Crippen molar-refractivity contribution in [3.05, 3.63) is 82.1 Å². The Morgan fingerprint density at radius 2 is 1.83 bits per heavy atom. The van der Waals surface area contributed by atoms with Crippen LogP contribution in [0.2, 0.25) is 0 Å². The van der Waals surface area contributed by atoms with Crippen LogP contribution in [0.4, 0.5) is 0 Å². The lowest BCUT2D eigenvalue weighted by Crippen LogP contribution is -2.33. The fourth-order valence-electron chi connectivity index (χ4n) is 4.32. The minimum absolute atomic E-state index is 0.0450. The van der Waals surface area contributed by atoms with Gasteiger partial charge in [-0.1, -0.05) is 48.5 Å². The van der Waals surface area contributed by atoms with E-state index in [1.807, 2.05) is 68.4 Å². The Balaban J connectivity index is 1.80. The van der Waals surface area contributed by atoms with Gasteiger partial charge in [-0.25, -0.2) is 4.98 Å². The van der Waals surface area contributed by atoms with Gasteiger partial charge in [-0.3, -0.25) is 9.59 Å². The number of nitrogens with zero attached hydrogens (tertiary/aromatic N) is 2. The summed E-state index contributed by atoms with van der Waals surface area (Å²) in [6.45, 7) is 6.35. The number of aryl methyl sites for hydroxylation is 1. The first kappa shape index (κ1) is 25.6. The number of thiazole rings is 1. The van der Waals surface area contributed by atoms with Gasteiger partial charge < -0.3 is 19.5 Å². The lowest BCUT2D eigenvalue weighted by Gasteiger charge is -2.28. The molecule has 0 aliphatic carbocycles. The van der Waals surface area contributed by atoms with Crippen LogP contribution in [-0.4, -0.2) is 53.0 Å². The number of aliphatic hydroxyl groups excluding tert-OH is 1. The Bertz CT molecular complexity index is 1280. The van der Waals surface area contributed by atoms with Crippen molar-refractivity contribution < 1.29 is 24.2 Å². The fourth-order valence-corrected chi connectivity index (χ4v) is 5.35. The molecule has 1 atom stereocenters. The van der Waals surface area contributed by atoms with E-state index in [1.165, 1.54) is 16.2 Å². The van der Waals surface area contributed by atoms with Gasteiger partial charge in [0.05, 0.1) is 28.3 Å². The number of aliphatic hydroxyl groups is 1. The SMILES string of the molecule is COCCCN1C(=O)C(O)=C(C(=O)c2sc(-c3ccccc3)nc2C)C1c1ccccc1OC(C)C. The van der Waals surface area contributed by atoms with E-state index in [2.05, 4.69) is 4.98 Å². The number of carbonyl (C=O) groups is 2. The molecular formula is C28H30N2O5S. The second kappa shape index (κ2) is 11.1. The minimum Gasteiger partial charge on any atom is -0.503 e. The maximum atomic E-state index is 14.0. The Morgan fingerprint density at radius 3 is 2.53 bits per heavy atom. The number of para-hydroxylation sites is 1. The molecule has 0 saturated heterocycles. The Morgan fingerprint density at radius 1 is 1.14 bits per heavy atom. The molecule has 0 saturated carbocycles. The summed E-state index contributed by atoms with van der Waals surface area (Å²) in [4.78, 5) is 33.7. The lowest BCUT2D eigenvalue weighted by molar-refractivity contribution is -0.129. The molecule has 1 unspecified atom stereocenters. The number of methoxy groups -OCH3 is 1. The Labute approximate surface area is 215 Å². The molecule has 36 heavy (non-hydrogen) atoms. The second-order valence-corrected chi connectivity index (χ2v) is 9.84. The van der Waals surface area contributed by atoms with Gasteiger partial charge in [0.25, 0.3) is 5.91 Å². The summed E-state index contributed by atoms with van der Waals surface area (Å²) in [5.74, 6) is -0.954. The van der Waals surface area contributed by atoms with Gasteiger partial charge in [-0.05, 0) is 33.3 Å². The number of aromatic nitrogens is 1. The molecule has 1 aliphatic rings. The highest BCUT2D eigenvalue weighted by atomic mass is 32.1. The van der Waals surface area contributed by atoms with Crippen molar-refractivity contribution in [2.24, 2.45) is 0 Å². The summed E-state index contributed by atoms with van der Waals surface area (Å²) < 4.78 is 11.2. The van der Waals surface area contributed by atoms with Crippen molar-refractivity contribution in [1.29, 1.82) is 0 Å². The molecule has 2 heterocycles. The maximum Gasteiger partial charge on any atom is 0.290 e. The number of rotatable bonds is 10. The van der Waals surface area contributed by atoms with Gasteiger partial charge >= 0.3 is 0 Å². The number of hydrogen-bond donors (Lipinski definition) is 1. The van der Waals surface area contributed by atoms with E-state index >= 15 is 0 Å². The van der Waals surface area contributed by atoms with Gasteiger partial charge in [0.2, 0.25) is 5.78 Å². The highest BCUT2D eigenvalue weighted by Gasteiger charge is 2.45. The molecule has 0 radical (unpaired) electrons. The molecule has 3 aromatic rings. The van der Waals surface area contributed by atoms with E-state index in [9.17, 15) is 14.7 Å². The molecule has 2 aromatic carbocycles. The molecular weight excluding hydrogens is 476 g/mol. The van der Waals surface area contributed by atoms with Gasteiger partial charge in [0.1, 0.15) is 10.8 Å². The topological polar surface area (TPSA) is 89.0 Å². The largest absolute Gasteiger partial charge is 0.503 e. The quantitative estimate of drug-likeness (QED) is 0.288. The first-order valence-corrected chi connectivity index (χ1v) is 12.7. The average Bonchev–Trinajstić information content (AvgIpc) is 3.37. The normalized spacial score (nSPS) is 15.8. The first-order chi connectivity index (χ1) is 17.3. The lowest BCUT2D eigenvalue weighted by atomic mass is 9.94. The van der Waals surface area contributed by atoms with Crippen LogP contribution in [0, 0.1) is 6.92 Å². The highest BCUT2D eigenvalue weighted by molar-refractivity contribution is 7.17. The minimum atomic E-state index is -0.793. The highest BCUT2D eigenvalue weighted by Crippen LogP contribution is 2.44. The zero-order chi connectivity index (χ0) is 25.8. The number of ether oxygens (including phenoxy) is 2. The molecule has 7 nitrogen and oxygen atoms in total. The van der Waals surface area contributed by atoms with E-state index in [0.29, 0.717) is 46.5 Å². The second-order valence-electron chi connectivity index (χ2n) is 8.84. The summed E-state index contributed by atoms with van der Waals surface area (Å²) in [6.07, 6.45) is 0.442. The van der Waals surface area contributed by atoms with Crippen LogP contribution in [0.3, 0.4) is 0 Å².